The molecule has 1 aliphatic rings. The second-order valence-corrected chi connectivity index (χ2v) is 8.20. The highest BCUT2D eigenvalue weighted by Gasteiger charge is 2.34. The van der Waals surface area contributed by atoms with E-state index in [0.29, 0.717) is 6.42 Å². The van der Waals surface area contributed by atoms with Crippen LogP contribution in [-0.2, 0) is 11.2 Å². The molecule has 0 aliphatic carbocycles. The minimum atomic E-state index is -4.57. The van der Waals surface area contributed by atoms with Gasteiger partial charge in [-0.1, -0.05) is 44.6 Å². The second kappa shape index (κ2) is 9.63. The average Bonchev–Trinajstić information content (AvgIpc) is 2.72. The SMILES string of the molecule is CCC1=CC(c2cc(CC(=O)[C@@](C)(CC)C/C=C(\N)C(F)(F)F)ccc2C)=NCC1. The van der Waals surface area contributed by atoms with Crippen LogP contribution in [0.1, 0.15) is 63.1 Å². The van der Waals surface area contributed by atoms with Gasteiger partial charge in [-0.05, 0) is 55.9 Å². The molecule has 1 aromatic carbocycles. The Morgan fingerprint density at radius 2 is 1.97 bits per heavy atom. The summed E-state index contributed by atoms with van der Waals surface area (Å²) in [5.41, 5.74) is 8.27. The molecule has 1 atom stereocenters. The van der Waals surface area contributed by atoms with Crippen LogP contribution in [0.4, 0.5) is 13.2 Å². The Morgan fingerprint density at radius 1 is 1.27 bits per heavy atom. The number of Topliss-reactive ketones (excluding diaryl/α,β-unsaturated/α-hetero) is 1. The van der Waals surface area contributed by atoms with Crippen molar-refractivity contribution in [2.24, 2.45) is 16.1 Å². The summed E-state index contributed by atoms with van der Waals surface area (Å²) in [5, 5.41) is 0. The van der Waals surface area contributed by atoms with Gasteiger partial charge in [-0.3, -0.25) is 9.79 Å². The third kappa shape index (κ3) is 5.83. The van der Waals surface area contributed by atoms with Gasteiger partial charge in [0, 0.05) is 23.9 Å². The zero-order valence-corrected chi connectivity index (χ0v) is 18.2. The first kappa shape index (κ1) is 23.9. The van der Waals surface area contributed by atoms with Crippen molar-refractivity contribution in [3.05, 3.63) is 58.3 Å². The molecule has 2 N–H and O–H groups in total. The van der Waals surface area contributed by atoms with Crippen molar-refractivity contribution in [2.45, 2.75) is 66.0 Å². The van der Waals surface area contributed by atoms with Crippen LogP contribution in [0.15, 0.2) is 46.6 Å². The molecule has 0 saturated carbocycles. The fourth-order valence-electron chi connectivity index (χ4n) is 3.43. The predicted octanol–water partition coefficient (Wildman–Crippen LogP) is 5.85. The Morgan fingerprint density at radius 3 is 2.57 bits per heavy atom. The van der Waals surface area contributed by atoms with Crippen LogP contribution in [0.2, 0.25) is 0 Å². The molecular formula is C24H31F3N2O. The molecule has 0 bridgehead atoms. The molecule has 0 amide bonds. The predicted molar refractivity (Wildman–Crippen MR) is 116 cm³/mol. The fourth-order valence-corrected chi connectivity index (χ4v) is 3.43. The van der Waals surface area contributed by atoms with Crippen molar-refractivity contribution in [2.75, 3.05) is 6.54 Å². The van der Waals surface area contributed by atoms with Crippen LogP contribution < -0.4 is 5.73 Å². The maximum absolute atomic E-state index is 13.0. The van der Waals surface area contributed by atoms with Gasteiger partial charge in [0.2, 0.25) is 0 Å². The number of allylic oxidation sites excluding steroid dienone is 3. The van der Waals surface area contributed by atoms with E-state index < -0.39 is 17.3 Å². The highest BCUT2D eigenvalue weighted by Crippen LogP contribution is 2.32. The monoisotopic (exact) mass is 420 g/mol. The first-order chi connectivity index (χ1) is 14.0. The fraction of sp³-hybridized carbons (Fsp3) is 0.500. The number of ketones is 1. The number of hydrogen-bond donors (Lipinski definition) is 1. The first-order valence-electron chi connectivity index (χ1n) is 10.4. The molecule has 0 unspecified atom stereocenters. The molecule has 0 aromatic heterocycles. The number of nitrogens with two attached hydrogens (primary N) is 1. The number of carbonyl (C=O) groups excluding carboxylic acids is 1. The van der Waals surface area contributed by atoms with E-state index in [1.54, 1.807) is 6.92 Å². The third-order valence-corrected chi connectivity index (χ3v) is 6.01. The zero-order chi connectivity index (χ0) is 22.5. The van der Waals surface area contributed by atoms with Gasteiger partial charge < -0.3 is 5.73 Å². The molecule has 1 aliphatic heterocycles. The summed E-state index contributed by atoms with van der Waals surface area (Å²) in [7, 11) is 0. The average molecular weight is 421 g/mol. The van der Waals surface area contributed by atoms with Crippen molar-refractivity contribution in [3.8, 4) is 0 Å². The van der Waals surface area contributed by atoms with Gasteiger partial charge in [0.15, 0.2) is 0 Å². The van der Waals surface area contributed by atoms with Gasteiger partial charge in [-0.15, -0.1) is 0 Å². The Labute approximate surface area is 177 Å². The van der Waals surface area contributed by atoms with E-state index in [1.165, 1.54) is 5.57 Å². The number of carbonyl (C=O) groups is 1. The summed E-state index contributed by atoms with van der Waals surface area (Å²) in [6, 6.07) is 5.86. The van der Waals surface area contributed by atoms with Crippen LogP contribution in [0.3, 0.4) is 0 Å². The number of hydrogen-bond acceptors (Lipinski definition) is 3. The topological polar surface area (TPSA) is 55.5 Å². The van der Waals surface area contributed by atoms with Gasteiger partial charge in [-0.2, -0.15) is 13.2 Å². The largest absolute Gasteiger partial charge is 0.430 e. The van der Waals surface area contributed by atoms with Crippen molar-refractivity contribution in [3.63, 3.8) is 0 Å². The molecule has 0 saturated heterocycles. The lowest BCUT2D eigenvalue weighted by molar-refractivity contribution is -0.127. The van der Waals surface area contributed by atoms with E-state index in [4.69, 9.17) is 5.73 Å². The third-order valence-electron chi connectivity index (χ3n) is 6.01. The maximum atomic E-state index is 13.0. The maximum Gasteiger partial charge on any atom is 0.430 e. The van der Waals surface area contributed by atoms with E-state index in [9.17, 15) is 18.0 Å². The quantitative estimate of drug-likeness (QED) is 0.574. The molecule has 164 valence electrons. The molecule has 1 aromatic rings. The van der Waals surface area contributed by atoms with E-state index >= 15 is 0 Å². The molecule has 30 heavy (non-hydrogen) atoms. The Bertz CT molecular complexity index is 881. The van der Waals surface area contributed by atoms with Crippen molar-refractivity contribution in [1.29, 1.82) is 0 Å². The highest BCUT2D eigenvalue weighted by atomic mass is 19.4. The number of dihydropyridines is 1. The molecule has 6 heteroatoms. The van der Waals surface area contributed by atoms with Crippen LogP contribution in [0.25, 0.3) is 0 Å². The summed E-state index contributed by atoms with van der Waals surface area (Å²) >= 11 is 0. The molecule has 3 nitrogen and oxygen atoms in total. The van der Waals surface area contributed by atoms with Crippen molar-refractivity contribution < 1.29 is 18.0 Å². The lowest BCUT2D eigenvalue weighted by Crippen LogP contribution is -2.29. The van der Waals surface area contributed by atoms with Gasteiger partial charge in [-0.25, -0.2) is 0 Å². The lowest BCUT2D eigenvalue weighted by atomic mass is 9.77. The lowest BCUT2D eigenvalue weighted by Gasteiger charge is -2.26. The number of benzene rings is 1. The Hall–Kier alpha value is -2.37. The van der Waals surface area contributed by atoms with Crippen LogP contribution in [0, 0.1) is 12.3 Å². The van der Waals surface area contributed by atoms with Gasteiger partial charge in [0.25, 0.3) is 0 Å². The summed E-state index contributed by atoms with van der Waals surface area (Å²) in [6.45, 7) is 8.41. The molecule has 0 spiro atoms. The number of nitrogens with zero attached hydrogens (tertiary/aromatic N) is 1. The molecular weight excluding hydrogens is 389 g/mol. The molecule has 0 fully saturated rings. The normalized spacial score (nSPS) is 17.2. The number of halogens is 3. The summed E-state index contributed by atoms with van der Waals surface area (Å²) in [4.78, 5) is 17.6. The van der Waals surface area contributed by atoms with E-state index in [-0.39, 0.29) is 18.6 Å². The smallest absolute Gasteiger partial charge is 0.395 e. The Kier molecular flexibility index (Phi) is 7.67. The molecule has 1 heterocycles. The number of aryl methyl sites for hydroxylation is 1. The van der Waals surface area contributed by atoms with E-state index in [1.807, 2.05) is 32.0 Å². The van der Waals surface area contributed by atoms with Crippen LogP contribution >= 0.6 is 0 Å². The van der Waals surface area contributed by atoms with Crippen molar-refractivity contribution in [1.82, 2.24) is 0 Å². The van der Waals surface area contributed by atoms with Crippen LogP contribution in [-0.4, -0.2) is 24.2 Å². The number of rotatable bonds is 8. The number of alkyl halides is 3. The van der Waals surface area contributed by atoms with Gasteiger partial charge >= 0.3 is 6.18 Å². The first-order valence-corrected chi connectivity index (χ1v) is 10.4. The van der Waals surface area contributed by atoms with Crippen LogP contribution in [0.5, 0.6) is 0 Å². The molecule has 2 rings (SSSR count). The summed E-state index contributed by atoms with van der Waals surface area (Å²) < 4.78 is 38.1. The standard InChI is InChI=1S/C24H31F3N2O/c1-5-17-10-12-29-20(14-17)19-13-18(8-7-16(19)3)15-22(30)23(4,6-2)11-9-21(28)24(25,26)27/h7-9,13-14H,5-6,10-12,15,28H2,1-4H3/b21-9-/t23-/m0/s1. The minimum absolute atomic E-state index is 0.0400. The van der Waals surface area contributed by atoms with Gasteiger partial charge in [0.05, 0.1) is 5.71 Å². The molecule has 0 radical (unpaired) electrons. The second-order valence-electron chi connectivity index (χ2n) is 8.20. The van der Waals surface area contributed by atoms with E-state index in [0.717, 1.165) is 47.9 Å². The highest BCUT2D eigenvalue weighted by molar-refractivity contribution is 6.10. The number of aliphatic imine (C=N–C) groups is 1. The zero-order valence-electron chi connectivity index (χ0n) is 18.2. The Balaban J connectivity index is 2.24. The minimum Gasteiger partial charge on any atom is -0.395 e. The van der Waals surface area contributed by atoms with Gasteiger partial charge in [0.1, 0.15) is 11.5 Å². The summed E-state index contributed by atoms with van der Waals surface area (Å²) in [6.07, 6.45) is 0.988. The summed E-state index contributed by atoms with van der Waals surface area (Å²) in [5.74, 6) is -0.0959. The van der Waals surface area contributed by atoms with Crippen molar-refractivity contribution >= 4 is 11.5 Å². The van der Waals surface area contributed by atoms with E-state index in [2.05, 4.69) is 18.0 Å².